The van der Waals surface area contributed by atoms with Gasteiger partial charge in [0.2, 0.25) is 5.88 Å². The highest BCUT2D eigenvalue weighted by atomic mass is 32.2. The van der Waals surface area contributed by atoms with Crippen LogP contribution in [0.4, 0.5) is 4.39 Å². The first-order valence-corrected chi connectivity index (χ1v) is 12.9. The number of aryl methyl sites for hydroxylation is 1. The number of hydrogen-bond donors (Lipinski definition) is 0. The van der Waals surface area contributed by atoms with E-state index in [1.807, 2.05) is 69.3 Å². The Labute approximate surface area is 223 Å². The molecule has 196 valence electrons. The summed E-state index contributed by atoms with van der Waals surface area (Å²) < 4.78 is 27.4. The summed E-state index contributed by atoms with van der Waals surface area (Å²) in [4.78, 5) is 21.9. The highest BCUT2D eigenvalue weighted by molar-refractivity contribution is 7.98. The van der Waals surface area contributed by atoms with Gasteiger partial charge in [-0.05, 0) is 30.2 Å². The van der Waals surface area contributed by atoms with Crippen LogP contribution < -0.4 is 15.0 Å². The molecular formula is C27H27FN6O3S. The van der Waals surface area contributed by atoms with Crippen LogP contribution in [-0.4, -0.2) is 36.5 Å². The number of nitrogens with zero attached hydrogens (tertiary/aromatic N) is 6. The maximum atomic E-state index is 14.3. The van der Waals surface area contributed by atoms with Crippen LogP contribution in [0.15, 0.2) is 77.1 Å². The summed E-state index contributed by atoms with van der Waals surface area (Å²) >= 11 is 1.31. The Morgan fingerprint density at radius 1 is 0.947 bits per heavy atom. The molecule has 5 rings (SSSR count). The maximum absolute atomic E-state index is 14.3. The summed E-state index contributed by atoms with van der Waals surface area (Å²) in [6, 6.07) is 15.5. The van der Waals surface area contributed by atoms with Crippen molar-refractivity contribution >= 4 is 17.3 Å². The van der Waals surface area contributed by atoms with Crippen LogP contribution in [0.2, 0.25) is 0 Å². The molecule has 0 spiro atoms. The van der Waals surface area contributed by atoms with Crippen molar-refractivity contribution in [2.75, 3.05) is 7.11 Å². The number of benzene rings is 2. The zero-order valence-electron chi connectivity index (χ0n) is 21.5. The lowest BCUT2D eigenvalue weighted by Gasteiger charge is -2.12. The molecule has 2 aromatic carbocycles. The lowest BCUT2D eigenvalue weighted by molar-refractivity contribution is 0.292. The molecule has 0 atom stereocenters. The Bertz CT molecular complexity index is 1550. The second-order valence-electron chi connectivity index (χ2n) is 7.88. The Hall–Kier alpha value is -4.25. The summed E-state index contributed by atoms with van der Waals surface area (Å²) in [5.41, 5.74) is 2.23. The van der Waals surface area contributed by atoms with E-state index in [2.05, 4.69) is 20.2 Å². The van der Waals surface area contributed by atoms with Gasteiger partial charge in [0, 0.05) is 5.75 Å². The lowest BCUT2D eigenvalue weighted by atomic mass is 10.2. The predicted molar refractivity (Wildman–Crippen MR) is 144 cm³/mol. The van der Waals surface area contributed by atoms with Gasteiger partial charge in [0.1, 0.15) is 12.4 Å². The van der Waals surface area contributed by atoms with Crippen molar-refractivity contribution in [3.05, 3.63) is 100.0 Å². The van der Waals surface area contributed by atoms with Crippen molar-refractivity contribution in [1.29, 1.82) is 0 Å². The van der Waals surface area contributed by atoms with E-state index in [0.717, 1.165) is 33.3 Å². The lowest BCUT2D eigenvalue weighted by Crippen LogP contribution is -2.26. The molecule has 0 amide bonds. The number of halogens is 1. The molecule has 5 aromatic rings. The number of rotatable bonds is 8. The minimum absolute atomic E-state index is 0.193. The van der Waals surface area contributed by atoms with Gasteiger partial charge in [-0.1, -0.05) is 67.6 Å². The largest absolute Gasteiger partial charge is 0.497 e. The van der Waals surface area contributed by atoms with E-state index in [0.29, 0.717) is 10.9 Å². The first-order valence-electron chi connectivity index (χ1n) is 11.9. The molecule has 0 saturated carbocycles. The van der Waals surface area contributed by atoms with E-state index in [-0.39, 0.29) is 23.8 Å². The zero-order valence-corrected chi connectivity index (χ0v) is 22.3. The molecule has 0 N–H and O–H groups in total. The van der Waals surface area contributed by atoms with Gasteiger partial charge in [0.25, 0.3) is 5.56 Å². The van der Waals surface area contributed by atoms with Gasteiger partial charge in [-0.15, -0.1) is 9.73 Å². The zero-order chi connectivity index (χ0) is 27.1. The molecule has 0 aliphatic carbocycles. The molecule has 3 heterocycles. The van der Waals surface area contributed by atoms with E-state index in [9.17, 15) is 9.18 Å². The summed E-state index contributed by atoms with van der Waals surface area (Å²) in [6.45, 7) is 6.30. The van der Waals surface area contributed by atoms with Crippen LogP contribution in [-0.2, 0) is 12.4 Å². The molecular weight excluding hydrogens is 507 g/mol. The van der Waals surface area contributed by atoms with Crippen LogP contribution in [0, 0.1) is 12.7 Å². The Kier molecular flexibility index (Phi) is 8.70. The fraction of sp³-hybridized carbons (Fsp3) is 0.222. The van der Waals surface area contributed by atoms with Crippen LogP contribution in [0.1, 0.15) is 30.5 Å². The molecule has 0 aliphatic rings. The monoisotopic (exact) mass is 534 g/mol. The van der Waals surface area contributed by atoms with E-state index in [1.165, 1.54) is 28.7 Å². The van der Waals surface area contributed by atoms with E-state index < -0.39 is 11.4 Å². The molecule has 0 fully saturated rings. The van der Waals surface area contributed by atoms with Crippen molar-refractivity contribution in [3.63, 3.8) is 0 Å². The molecule has 0 aliphatic heterocycles. The van der Waals surface area contributed by atoms with Gasteiger partial charge >= 0.3 is 0 Å². The van der Waals surface area contributed by atoms with Gasteiger partial charge in [0.15, 0.2) is 22.3 Å². The quantitative estimate of drug-likeness (QED) is 0.256. The van der Waals surface area contributed by atoms with Crippen molar-refractivity contribution in [2.45, 2.75) is 38.3 Å². The van der Waals surface area contributed by atoms with Crippen molar-refractivity contribution in [2.24, 2.45) is 0 Å². The molecule has 3 aromatic heterocycles. The third-order valence-electron chi connectivity index (χ3n) is 5.36. The van der Waals surface area contributed by atoms with Crippen molar-refractivity contribution in [3.8, 4) is 17.4 Å². The highest BCUT2D eigenvalue weighted by Gasteiger charge is 2.19. The maximum Gasteiger partial charge on any atom is 0.289 e. The van der Waals surface area contributed by atoms with Crippen molar-refractivity contribution < 1.29 is 13.9 Å². The number of fused-ring (bicyclic) bond motifs is 1. The summed E-state index contributed by atoms with van der Waals surface area (Å²) in [5, 5.41) is 8.52. The summed E-state index contributed by atoms with van der Waals surface area (Å²) in [7, 11) is 1.61. The van der Waals surface area contributed by atoms with Gasteiger partial charge in [-0.2, -0.15) is 5.10 Å². The van der Waals surface area contributed by atoms with Gasteiger partial charge in [-0.3, -0.25) is 4.79 Å². The standard InChI is InChI=1S/C25H21FN6O3S.C2H6/c1-16-3-5-18(6-4-16)15-36-25-30-32-23(20(26)11-29-32)24(33)31(25)21-12-28-22(13-27-21)35-14-17-7-9-19(34-2)10-8-17;1-2/h3-13H,14-15H2,1-2H3;1-2H3. The molecule has 0 bridgehead atoms. The van der Waals surface area contributed by atoms with Gasteiger partial charge < -0.3 is 9.47 Å². The fourth-order valence-electron chi connectivity index (χ4n) is 3.41. The number of ether oxygens (including phenoxy) is 2. The SMILES string of the molecule is CC.COc1ccc(COc2cnc(-n3c(SCc4ccc(C)cc4)nn4ncc(F)c4c3=O)cn2)cc1. The Balaban J connectivity index is 0.00000164. The summed E-state index contributed by atoms with van der Waals surface area (Å²) in [6.07, 6.45) is 3.77. The number of hydrogen-bond acceptors (Lipinski definition) is 8. The van der Waals surface area contributed by atoms with Crippen molar-refractivity contribution in [1.82, 2.24) is 29.4 Å². The molecule has 0 radical (unpaired) electrons. The fourth-order valence-corrected chi connectivity index (χ4v) is 4.34. The predicted octanol–water partition coefficient (Wildman–Crippen LogP) is 5.02. The molecule has 11 heteroatoms. The van der Waals surface area contributed by atoms with E-state index in [4.69, 9.17) is 9.47 Å². The van der Waals surface area contributed by atoms with Crippen LogP contribution in [0.5, 0.6) is 11.6 Å². The average Bonchev–Trinajstić information content (AvgIpc) is 3.34. The minimum atomic E-state index is -0.760. The third kappa shape index (κ3) is 6.00. The number of thioether (sulfide) groups is 1. The van der Waals surface area contributed by atoms with Gasteiger partial charge in [0.05, 0.1) is 25.7 Å². The molecule has 0 saturated heterocycles. The molecule has 38 heavy (non-hydrogen) atoms. The summed E-state index contributed by atoms with van der Waals surface area (Å²) in [5.74, 6) is 1.01. The Morgan fingerprint density at radius 3 is 2.32 bits per heavy atom. The van der Waals surface area contributed by atoms with Crippen LogP contribution in [0.3, 0.4) is 0 Å². The third-order valence-corrected chi connectivity index (χ3v) is 6.36. The average molecular weight is 535 g/mol. The minimum Gasteiger partial charge on any atom is -0.497 e. The normalized spacial score (nSPS) is 10.7. The van der Waals surface area contributed by atoms with Gasteiger partial charge in [-0.25, -0.2) is 18.9 Å². The Morgan fingerprint density at radius 2 is 1.66 bits per heavy atom. The number of methoxy groups -OCH3 is 1. The molecule has 0 unspecified atom stereocenters. The van der Waals surface area contributed by atoms with Crippen LogP contribution in [0.25, 0.3) is 11.3 Å². The second-order valence-corrected chi connectivity index (χ2v) is 8.82. The highest BCUT2D eigenvalue weighted by Crippen LogP contribution is 2.23. The second kappa shape index (κ2) is 12.3. The van der Waals surface area contributed by atoms with E-state index in [1.54, 1.807) is 7.11 Å². The topological polar surface area (TPSA) is 96.4 Å². The molecule has 9 nitrogen and oxygen atoms in total. The van der Waals surface area contributed by atoms with Crippen LogP contribution >= 0.6 is 11.8 Å². The number of aromatic nitrogens is 6. The smallest absolute Gasteiger partial charge is 0.289 e. The van der Waals surface area contributed by atoms with E-state index >= 15 is 0 Å². The first kappa shape index (κ1) is 26.8. The first-order chi connectivity index (χ1) is 18.5.